The van der Waals surface area contributed by atoms with E-state index in [2.05, 4.69) is 22.7 Å². The van der Waals surface area contributed by atoms with E-state index in [-0.39, 0.29) is 24.7 Å². The smallest absolute Gasteiger partial charge is 0.320 e. The quantitative estimate of drug-likeness (QED) is 0.0266. The molecule has 13 heteroatoms. The second-order valence-corrected chi connectivity index (χ2v) is 20.0. The number of hydrazine groups is 1. The van der Waals surface area contributed by atoms with Gasteiger partial charge in [-0.25, -0.2) is 0 Å². The molecule has 0 radical (unpaired) electrons. The molecule has 8 N–H and O–H groups in total. The number of aliphatic hydroxyl groups is 6. The van der Waals surface area contributed by atoms with Gasteiger partial charge in [0.1, 0.15) is 30.0 Å². The van der Waals surface area contributed by atoms with Gasteiger partial charge in [-0.15, -0.1) is 0 Å². The van der Waals surface area contributed by atoms with Crippen LogP contribution in [0.5, 0.6) is 0 Å². The molecule has 10 atom stereocenters. The summed E-state index contributed by atoms with van der Waals surface area (Å²) in [6, 6.07) is 0.0101. The van der Waals surface area contributed by atoms with Crippen molar-refractivity contribution >= 4 is 5.97 Å². The zero-order valence-corrected chi connectivity index (χ0v) is 39.0. The summed E-state index contributed by atoms with van der Waals surface area (Å²) >= 11 is 0. The molecule has 3 fully saturated rings. The van der Waals surface area contributed by atoms with Gasteiger partial charge in [-0.3, -0.25) is 20.5 Å². The van der Waals surface area contributed by atoms with Crippen LogP contribution in [0.3, 0.4) is 0 Å². The third kappa shape index (κ3) is 22.2. The molecule has 3 saturated heterocycles. The Kier molecular flexibility index (Phi) is 27.7. The molecule has 360 valence electrons. The van der Waals surface area contributed by atoms with E-state index in [9.17, 15) is 35.4 Å². The second kappa shape index (κ2) is 31.0. The van der Waals surface area contributed by atoms with E-state index in [1.807, 2.05) is 20.8 Å². The maximum atomic E-state index is 12.2. The Bertz CT molecular complexity index is 1110. The van der Waals surface area contributed by atoms with Crippen LogP contribution in [0.15, 0.2) is 0 Å². The van der Waals surface area contributed by atoms with Gasteiger partial charge in [-0.2, -0.15) is 0 Å². The van der Waals surface area contributed by atoms with Crippen LogP contribution in [0.4, 0.5) is 0 Å². The van der Waals surface area contributed by atoms with Gasteiger partial charge in [0.05, 0.1) is 32.0 Å². The molecule has 3 aliphatic rings. The lowest BCUT2D eigenvalue weighted by Crippen LogP contribution is -2.59. The van der Waals surface area contributed by atoms with Crippen molar-refractivity contribution in [2.75, 3.05) is 32.8 Å². The molecule has 0 bridgehead atoms. The average molecular weight is 872 g/mol. The SMILES string of the molecule is CCCCCCCCCCCCCC[C@@H](O)[C@@H](O)[C@H](COC1OC(CO)C(O)C(O)C1O)C1CC(CCCCCCCCCCC2CCN(CC(=O)OC(C)(C)C)CC2)NN1. The van der Waals surface area contributed by atoms with E-state index in [1.54, 1.807) is 0 Å². The molecule has 0 aromatic heterocycles. The van der Waals surface area contributed by atoms with Gasteiger partial charge < -0.3 is 44.8 Å². The number of nitrogens with one attached hydrogen (secondary N) is 2. The summed E-state index contributed by atoms with van der Waals surface area (Å²) in [6.45, 7) is 9.77. The minimum Gasteiger partial charge on any atom is -0.459 e. The van der Waals surface area contributed by atoms with E-state index >= 15 is 0 Å². The lowest BCUT2D eigenvalue weighted by atomic mass is 9.86. The van der Waals surface area contributed by atoms with Crippen molar-refractivity contribution in [1.29, 1.82) is 0 Å². The Morgan fingerprint density at radius 1 is 0.738 bits per heavy atom. The first kappa shape index (κ1) is 54.4. The second-order valence-electron chi connectivity index (χ2n) is 20.0. The number of esters is 1. The van der Waals surface area contributed by atoms with Crippen LogP contribution >= 0.6 is 0 Å². The summed E-state index contributed by atoms with van der Waals surface area (Å²) in [4.78, 5) is 14.4. The van der Waals surface area contributed by atoms with E-state index in [4.69, 9.17) is 14.2 Å². The van der Waals surface area contributed by atoms with Crippen molar-refractivity contribution in [3.05, 3.63) is 0 Å². The number of hydrogen-bond acceptors (Lipinski definition) is 13. The van der Waals surface area contributed by atoms with Crippen LogP contribution < -0.4 is 10.9 Å². The number of carbonyl (C=O) groups is 1. The predicted molar refractivity (Wildman–Crippen MR) is 241 cm³/mol. The summed E-state index contributed by atoms with van der Waals surface area (Å²) in [5.74, 6) is 0.120. The summed E-state index contributed by atoms with van der Waals surface area (Å²) < 4.78 is 17.0. The molecule has 13 nitrogen and oxygen atoms in total. The highest BCUT2D eigenvalue weighted by molar-refractivity contribution is 5.72. The molecule has 7 unspecified atom stereocenters. The van der Waals surface area contributed by atoms with Gasteiger partial charge in [0.2, 0.25) is 0 Å². The first-order valence-corrected chi connectivity index (χ1v) is 25.1. The summed E-state index contributed by atoms with van der Waals surface area (Å²) in [5, 5.41) is 63.5. The number of nitrogens with zero attached hydrogens (tertiary/aromatic N) is 1. The number of piperidine rings is 1. The highest BCUT2D eigenvalue weighted by Gasteiger charge is 2.45. The number of aliphatic hydroxyl groups excluding tert-OH is 6. The van der Waals surface area contributed by atoms with E-state index in [1.165, 1.54) is 122 Å². The van der Waals surface area contributed by atoms with Crippen LogP contribution in [-0.4, -0.2) is 135 Å². The van der Waals surface area contributed by atoms with E-state index < -0.39 is 61.0 Å². The van der Waals surface area contributed by atoms with Crippen molar-refractivity contribution in [2.24, 2.45) is 11.8 Å². The molecule has 0 aromatic rings. The Morgan fingerprint density at radius 2 is 1.28 bits per heavy atom. The van der Waals surface area contributed by atoms with Crippen molar-refractivity contribution in [1.82, 2.24) is 15.8 Å². The number of ether oxygens (including phenoxy) is 3. The van der Waals surface area contributed by atoms with Crippen molar-refractivity contribution in [3.63, 3.8) is 0 Å². The predicted octanol–water partition coefficient (Wildman–Crippen LogP) is 6.42. The van der Waals surface area contributed by atoms with Crippen LogP contribution in [0.25, 0.3) is 0 Å². The zero-order chi connectivity index (χ0) is 44.5. The van der Waals surface area contributed by atoms with Gasteiger partial charge in [-0.05, 0) is 71.9 Å². The average Bonchev–Trinajstić information content (AvgIpc) is 3.70. The van der Waals surface area contributed by atoms with E-state index in [0.717, 1.165) is 57.5 Å². The highest BCUT2D eigenvalue weighted by Crippen LogP contribution is 2.29. The van der Waals surface area contributed by atoms with Gasteiger partial charge in [0, 0.05) is 18.0 Å². The third-order valence-corrected chi connectivity index (χ3v) is 13.4. The molecule has 3 heterocycles. The molecular weight excluding hydrogens is 779 g/mol. The monoisotopic (exact) mass is 872 g/mol. The van der Waals surface area contributed by atoms with Gasteiger partial charge >= 0.3 is 5.97 Å². The molecule has 0 aromatic carbocycles. The molecule has 0 saturated carbocycles. The fraction of sp³-hybridized carbons (Fsp3) is 0.979. The fourth-order valence-corrected chi connectivity index (χ4v) is 9.51. The Labute approximate surface area is 370 Å². The standard InChI is InChI=1S/C48H93N3O10/c1-5-6-7-8-9-10-11-12-13-18-21-24-27-40(53)43(55)38(35-59-47-46(58)45(57)44(56)41(34-52)60-47)39-32-37(49-50-39)26-23-20-17-15-14-16-19-22-25-36-28-30-51(31-29-36)33-42(54)61-48(2,3)4/h36-41,43-47,49-50,52-53,55-58H,5-35H2,1-4H3/t37?,38-,39?,40-,41?,43+,44?,45?,46?,47?/m1/s1. The highest BCUT2D eigenvalue weighted by atomic mass is 16.7. The van der Waals surface area contributed by atoms with Crippen LogP contribution in [0, 0.1) is 11.8 Å². The molecule has 0 spiro atoms. The van der Waals surface area contributed by atoms with Gasteiger partial charge in [0.25, 0.3) is 0 Å². The maximum Gasteiger partial charge on any atom is 0.320 e. The van der Waals surface area contributed by atoms with Gasteiger partial charge in [-0.1, -0.05) is 142 Å². The van der Waals surface area contributed by atoms with Crippen LogP contribution in [0.2, 0.25) is 0 Å². The molecular formula is C48H93N3O10. The van der Waals surface area contributed by atoms with Crippen molar-refractivity contribution in [2.45, 2.75) is 255 Å². The number of rotatable bonds is 33. The Hall–Kier alpha value is -0.970. The first-order valence-electron chi connectivity index (χ1n) is 25.1. The Morgan fingerprint density at radius 3 is 1.84 bits per heavy atom. The van der Waals surface area contributed by atoms with Crippen LogP contribution in [0.1, 0.15) is 195 Å². The molecule has 0 amide bonds. The number of unbranched alkanes of at least 4 members (excludes halogenated alkanes) is 18. The third-order valence-electron chi connectivity index (χ3n) is 13.4. The first-order chi connectivity index (χ1) is 29.3. The summed E-state index contributed by atoms with van der Waals surface area (Å²) in [6.07, 6.45) is 21.5. The summed E-state index contributed by atoms with van der Waals surface area (Å²) in [7, 11) is 0. The maximum absolute atomic E-state index is 12.2. The number of carbonyl (C=O) groups excluding carboxylic acids is 1. The van der Waals surface area contributed by atoms with Crippen molar-refractivity contribution in [3.8, 4) is 0 Å². The largest absolute Gasteiger partial charge is 0.459 e. The zero-order valence-electron chi connectivity index (χ0n) is 39.0. The lowest BCUT2D eigenvalue weighted by Gasteiger charge is -2.40. The Balaban J connectivity index is 1.31. The minimum atomic E-state index is -1.55. The molecule has 3 rings (SSSR count). The normalized spacial score (nSPS) is 27.0. The molecule has 0 aliphatic carbocycles. The lowest BCUT2D eigenvalue weighted by molar-refractivity contribution is -0.305. The van der Waals surface area contributed by atoms with E-state index in [0.29, 0.717) is 13.0 Å². The molecule has 61 heavy (non-hydrogen) atoms. The van der Waals surface area contributed by atoms with Crippen LogP contribution in [-0.2, 0) is 19.0 Å². The van der Waals surface area contributed by atoms with Crippen molar-refractivity contribution < 1.29 is 49.6 Å². The number of likely N-dealkylation sites (tertiary alicyclic amines) is 1. The summed E-state index contributed by atoms with van der Waals surface area (Å²) in [5.41, 5.74) is 6.34. The fourth-order valence-electron chi connectivity index (χ4n) is 9.51. The minimum absolute atomic E-state index is 0.0550. The van der Waals surface area contributed by atoms with Gasteiger partial charge in [0.15, 0.2) is 6.29 Å². The molecule has 3 aliphatic heterocycles. The number of hydrogen-bond donors (Lipinski definition) is 8. The topological polar surface area (TPSA) is 193 Å².